The van der Waals surface area contributed by atoms with Crippen LogP contribution in [0.15, 0.2) is 90.9 Å². The number of hydrogen-bond acceptors (Lipinski definition) is 2. The minimum Gasteiger partial charge on any atom is -0.257 e. The summed E-state index contributed by atoms with van der Waals surface area (Å²) in [7, 11) is 0. The number of aromatic nitrogens is 1. The van der Waals surface area contributed by atoms with E-state index in [1.807, 2.05) is 60.7 Å². The van der Waals surface area contributed by atoms with Crippen molar-refractivity contribution in [2.75, 3.05) is 0 Å². The molecule has 0 unspecified atom stereocenters. The van der Waals surface area contributed by atoms with Gasteiger partial charge in [-0.15, -0.1) is 0 Å². The third-order valence-electron chi connectivity index (χ3n) is 3.42. The Morgan fingerprint density at radius 1 is 0.727 bits per heavy atom. The minimum absolute atomic E-state index is 0.934. The first-order valence-corrected chi connectivity index (χ1v) is 9.97. The first-order chi connectivity index (χ1) is 10.8. The Bertz CT molecular complexity index is 755. The zero-order valence-electron chi connectivity index (χ0n) is 12.0. The van der Waals surface area contributed by atoms with Crippen molar-refractivity contribution in [3.63, 3.8) is 0 Å². The Morgan fingerprint density at radius 3 is 1.77 bits per heavy atom. The molecule has 108 valence electrons. The second kappa shape index (κ2) is 6.83. The minimum atomic E-state index is -1.98. The molecule has 22 heavy (non-hydrogen) atoms. The number of rotatable bonds is 4. The van der Waals surface area contributed by atoms with Gasteiger partial charge in [0.25, 0.3) is 0 Å². The Kier molecular flexibility index (Phi) is 4.62. The van der Waals surface area contributed by atoms with Gasteiger partial charge >= 0.3 is 0 Å². The highest BCUT2D eigenvalue weighted by atomic mass is 32.4. The molecule has 0 aliphatic rings. The summed E-state index contributed by atoms with van der Waals surface area (Å²) in [6, 6.07) is 24.7. The average molecular weight is 321 g/mol. The van der Waals surface area contributed by atoms with E-state index in [1.165, 1.54) is 10.6 Å². The van der Waals surface area contributed by atoms with Crippen LogP contribution < -0.4 is 10.6 Å². The summed E-state index contributed by atoms with van der Waals surface area (Å²) in [6.07, 6.45) is 3.84. The standard InChI is InChI=1S/C19H16NPS/c22-21(18-10-3-1-4-11-18,19-12-5-2-6-13-19)16-14-17-9-7-8-15-20-17/h1-16H/b16-14+. The Labute approximate surface area is 136 Å². The lowest BCUT2D eigenvalue weighted by Crippen LogP contribution is -2.13. The zero-order chi connectivity index (χ0) is 15.3. The molecule has 0 saturated heterocycles. The van der Waals surface area contributed by atoms with E-state index in [1.54, 1.807) is 6.20 Å². The third-order valence-corrected chi connectivity index (χ3v) is 7.75. The van der Waals surface area contributed by atoms with Gasteiger partial charge in [-0.25, -0.2) is 0 Å². The maximum Gasteiger partial charge on any atom is 0.0630 e. The Balaban J connectivity index is 2.09. The van der Waals surface area contributed by atoms with Crippen molar-refractivity contribution in [3.8, 4) is 0 Å². The van der Waals surface area contributed by atoms with Gasteiger partial charge in [-0.05, 0) is 34.6 Å². The molecule has 1 heterocycles. The van der Waals surface area contributed by atoms with Crippen molar-refractivity contribution in [1.29, 1.82) is 0 Å². The van der Waals surface area contributed by atoms with Crippen LogP contribution in [0.2, 0.25) is 0 Å². The van der Waals surface area contributed by atoms with Crippen LogP contribution in [0, 0.1) is 0 Å². The quantitative estimate of drug-likeness (QED) is 0.669. The molecule has 3 rings (SSSR count). The Morgan fingerprint density at radius 2 is 1.27 bits per heavy atom. The van der Waals surface area contributed by atoms with Crippen LogP contribution in [-0.4, -0.2) is 4.98 Å². The van der Waals surface area contributed by atoms with Crippen LogP contribution in [0.3, 0.4) is 0 Å². The number of hydrogen-bond donors (Lipinski definition) is 0. The van der Waals surface area contributed by atoms with Gasteiger partial charge in [-0.3, -0.25) is 4.98 Å². The molecule has 3 heteroatoms. The van der Waals surface area contributed by atoms with E-state index in [9.17, 15) is 0 Å². The fraction of sp³-hybridized carbons (Fsp3) is 0. The van der Waals surface area contributed by atoms with Gasteiger partial charge < -0.3 is 0 Å². The van der Waals surface area contributed by atoms with Gasteiger partial charge in [0.1, 0.15) is 0 Å². The lowest BCUT2D eigenvalue weighted by atomic mass is 10.3. The molecule has 0 bridgehead atoms. The van der Waals surface area contributed by atoms with Gasteiger partial charge in [-0.2, -0.15) is 0 Å². The van der Waals surface area contributed by atoms with Crippen molar-refractivity contribution in [2.45, 2.75) is 0 Å². The summed E-state index contributed by atoms with van der Waals surface area (Å²) in [6.45, 7) is 0. The van der Waals surface area contributed by atoms with Gasteiger partial charge in [0, 0.05) is 12.2 Å². The maximum atomic E-state index is 6.13. The number of benzene rings is 2. The van der Waals surface area contributed by atoms with E-state index < -0.39 is 6.04 Å². The second-order valence-electron chi connectivity index (χ2n) is 4.90. The van der Waals surface area contributed by atoms with Crippen LogP contribution in [0.25, 0.3) is 6.08 Å². The van der Waals surface area contributed by atoms with Crippen molar-refractivity contribution in [1.82, 2.24) is 4.98 Å². The smallest absolute Gasteiger partial charge is 0.0630 e. The molecule has 1 aromatic heterocycles. The van der Waals surface area contributed by atoms with E-state index in [-0.39, 0.29) is 0 Å². The van der Waals surface area contributed by atoms with Crippen molar-refractivity contribution < 1.29 is 0 Å². The molecular formula is C19H16NPS. The predicted molar refractivity (Wildman–Crippen MR) is 99.7 cm³/mol. The van der Waals surface area contributed by atoms with E-state index in [4.69, 9.17) is 11.8 Å². The highest BCUT2D eigenvalue weighted by Crippen LogP contribution is 2.45. The highest BCUT2D eigenvalue weighted by Gasteiger charge is 2.18. The second-order valence-corrected chi connectivity index (χ2v) is 9.27. The molecule has 0 amide bonds. The fourth-order valence-electron chi connectivity index (χ4n) is 2.28. The van der Waals surface area contributed by atoms with E-state index in [0.717, 1.165) is 5.69 Å². The summed E-state index contributed by atoms with van der Waals surface area (Å²) in [5.41, 5.74) is 0.934. The van der Waals surface area contributed by atoms with Crippen molar-refractivity contribution in [3.05, 3.63) is 96.6 Å². The zero-order valence-corrected chi connectivity index (χ0v) is 13.8. The van der Waals surface area contributed by atoms with Gasteiger partial charge in [0.15, 0.2) is 0 Å². The van der Waals surface area contributed by atoms with Gasteiger partial charge in [0.2, 0.25) is 0 Å². The maximum absolute atomic E-state index is 6.13. The molecule has 3 aromatic rings. The molecule has 1 nitrogen and oxygen atoms in total. The van der Waals surface area contributed by atoms with Crippen LogP contribution >= 0.6 is 6.04 Å². The van der Waals surface area contributed by atoms with Gasteiger partial charge in [-0.1, -0.05) is 78.5 Å². The average Bonchev–Trinajstić information content (AvgIpc) is 2.62. The molecule has 0 spiro atoms. The summed E-state index contributed by atoms with van der Waals surface area (Å²) in [4.78, 5) is 4.35. The summed E-state index contributed by atoms with van der Waals surface area (Å²) >= 11 is 6.13. The van der Waals surface area contributed by atoms with Crippen LogP contribution in [0.5, 0.6) is 0 Å². The summed E-state index contributed by atoms with van der Waals surface area (Å²) in [5.74, 6) is 2.16. The molecule has 0 fully saturated rings. The fourth-order valence-corrected chi connectivity index (χ4v) is 5.42. The van der Waals surface area contributed by atoms with Crippen molar-refractivity contribution in [2.24, 2.45) is 0 Å². The van der Waals surface area contributed by atoms with E-state index in [2.05, 4.69) is 35.1 Å². The SMILES string of the molecule is S=P(/C=C/c1ccccn1)(c1ccccc1)c1ccccc1. The van der Waals surface area contributed by atoms with Crippen molar-refractivity contribution >= 4 is 34.5 Å². The first-order valence-electron chi connectivity index (χ1n) is 7.10. The third kappa shape index (κ3) is 3.24. The predicted octanol–water partition coefficient (Wildman–Crippen LogP) is 4.18. The largest absolute Gasteiger partial charge is 0.257 e. The lowest BCUT2D eigenvalue weighted by Gasteiger charge is -2.19. The molecule has 0 radical (unpaired) electrons. The first kappa shape index (κ1) is 14.9. The molecule has 0 aliphatic carbocycles. The van der Waals surface area contributed by atoms with Crippen LogP contribution in [0.1, 0.15) is 5.69 Å². The highest BCUT2D eigenvalue weighted by molar-refractivity contribution is 8.23. The molecule has 0 aliphatic heterocycles. The normalized spacial score (nSPS) is 11.6. The number of nitrogens with zero attached hydrogens (tertiary/aromatic N) is 1. The summed E-state index contributed by atoms with van der Waals surface area (Å²) < 4.78 is 0. The van der Waals surface area contributed by atoms with Gasteiger partial charge in [0.05, 0.1) is 5.69 Å². The van der Waals surface area contributed by atoms with E-state index in [0.29, 0.717) is 0 Å². The topological polar surface area (TPSA) is 12.9 Å². The molecule has 0 atom stereocenters. The molecule has 0 saturated carbocycles. The molecule has 2 aromatic carbocycles. The Hall–Kier alpha value is -2.02. The number of pyridine rings is 1. The van der Waals surface area contributed by atoms with Crippen LogP contribution in [0.4, 0.5) is 0 Å². The molecular weight excluding hydrogens is 305 g/mol. The molecule has 0 N–H and O–H groups in total. The lowest BCUT2D eigenvalue weighted by molar-refractivity contribution is 1.30. The van der Waals surface area contributed by atoms with E-state index >= 15 is 0 Å². The summed E-state index contributed by atoms with van der Waals surface area (Å²) in [5, 5.41) is 2.40. The monoisotopic (exact) mass is 321 g/mol. The van der Waals surface area contributed by atoms with Crippen LogP contribution in [-0.2, 0) is 11.8 Å².